The van der Waals surface area contributed by atoms with Crippen molar-refractivity contribution in [1.29, 1.82) is 0 Å². The highest BCUT2D eigenvalue weighted by molar-refractivity contribution is 9.10. The van der Waals surface area contributed by atoms with Crippen molar-refractivity contribution in [1.82, 2.24) is 9.97 Å². The highest BCUT2D eigenvalue weighted by Gasteiger charge is 2.04. The quantitative estimate of drug-likeness (QED) is 0.805. The lowest BCUT2D eigenvalue weighted by atomic mass is 10.2. The zero-order chi connectivity index (χ0) is 12.4. The number of aryl methyl sites for hydroxylation is 1. The summed E-state index contributed by atoms with van der Waals surface area (Å²) in [5.74, 6) is 0.889. The van der Waals surface area contributed by atoms with Gasteiger partial charge in [-0.2, -0.15) is 4.98 Å². The third-order valence-corrected chi connectivity index (χ3v) is 3.06. The summed E-state index contributed by atoms with van der Waals surface area (Å²) in [5, 5.41) is 3.13. The number of rotatable bonds is 2. The van der Waals surface area contributed by atoms with E-state index in [-0.39, 0.29) is 0 Å². The molecule has 3 N–H and O–H groups in total. The predicted octanol–water partition coefficient (Wildman–Crippen LogP) is 3.64. The van der Waals surface area contributed by atoms with Crippen LogP contribution in [0.3, 0.4) is 0 Å². The number of anilines is 3. The molecule has 17 heavy (non-hydrogen) atoms. The minimum Gasteiger partial charge on any atom is -0.383 e. The maximum absolute atomic E-state index is 5.65. The SMILES string of the molecule is Cc1ccc(Br)cc1Nc1nc(N)cc(Br)n1. The number of benzene rings is 1. The smallest absolute Gasteiger partial charge is 0.230 e. The summed E-state index contributed by atoms with van der Waals surface area (Å²) in [4.78, 5) is 8.31. The van der Waals surface area contributed by atoms with Crippen LogP contribution in [0.1, 0.15) is 5.56 Å². The Bertz CT molecular complexity index is 537. The van der Waals surface area contributed by atoms with Crippen molar-refractivity contribution in [3.8, 4) is 0 Å². The molecule has 88 valence electrons. The molecule has 2 rings (SSSR count). The van der Waals surface area contributed by atoms with Crippen LogP contribution in [0, 0.1) is 6.92 Å². The van der Waals surface area contributed by atoms with Crippen LogP contribution in [0.2, 0.25) is 0 Å². The van der Waals surface area contributed by atoms with E-state index in [1.165, 1.54) is 0 Å². The molecule has 1 heterocycles. The first-order valence-corrected chi connectivity index (χ1v) is 6.46. The van der Waals surface area contributed by atoms with Gasteiger partial charge in [0.2, 0.25) is 5.95 Å². The van der Waals surface area contributed by atoms with Gasteiger partial charge in [-0.25, -0.2) is 4.98 Å². The van der Waals surface area contributed by atoms with E-state index in [1.54, 1.807) is 6.07 Å². The summed E-state index contributed by atoms with van der Waals surface area (Å²) in [6, 6.07) is 7.61. The Morgan fingerprint density at radius 2 is 1.94 bits per heavy atom. The standard InChI is InChI=1S/C11H10Br2N4/c1-6-2-3-7(12)4-8(6)15-11-16-9(13)5-10(14)17-11/h2-5H,1H3,(H3,14,15,16,17). The molecule has 0 amide bonds. The molecule has 0 bridgehead atoms. The van der Waals surface area contributed by atoms with E-state index < -0.39 is 0 Å². The summed E-state index contributed by atoms with van der Waals surface area (Å²) in [6.45, 7) is 2.01. The normalized spacial score (nSPS) is 10.3. The summed E-state index contributed by atoms with van der Waals surface area (Å²) in [7, 11) is 0. The second-order valence-corrected chi connectivity index (χ2v) is 5.25. The Labute approximate surface area is 116 Å². The molecule has 6 heteroatoms. The Morgan fingerprint density at radius 3 is 2.65 bits per heavy atom. The van der Waals surface area contributed by atoms with Crippen LogP contribution in [0.25, 0.3) is 0 Å². The Morgan fingerprint density at radius 1 is 1.18 bits per heavy atom. The van der Waals surface area contributed by atoms with Gasteiger partial charge in [0, 0.05) is 16.2 Å². The van der Waals surface area contributed by atoms with Gasteiger partial charge in [0.25, 0.3) is 0 Å². The minimum absolute atomic E-state index is 0.419. The van der Waals surface area contributed by atoms with E-state index in [1.807, 2.05) is 25.1 Å². The Kier molecular flexibility index (Phi) is 3.63. The zero-order valence-corrected chi connectivity index (χ0v) is 12.2. The maximum Gasteiger partial charge on any atom is 0.230 e. The zero-order valence-electron chi connectivity index (χ0n) is 9.04. The van der Waals surface area contributed by atoms with Gasteiger partial charge in [0.05, 0.1) is 0 Å². The number of nitrogen functional groups attached to an aromatic ring is 1. The van der Waals surface area contributed by atoms with Gasteiger partial charge in [-0.3, -0.25) is 0 Å². The maximum atomic E-state index is 5.65. The number of hydrogen-bond donors (Lipinski definition) is 2. The molecular weight excluding hydrogens is 348 g/mol. The first kappa shape index (κ1) is 12.3. The summed E-state index contributed by atoms with van der Waals surface area (Å²) >= 11 is 6.70. The summed E-state index contributed by atoms with van der Waals surface area (Å²) in [6.07, 6.45) is 0. The average molecular weight is 358 g/mol. The van der Waals surface area contributed by atoms with Crippen molar-refractivity contribution < 1.29 is 0 Å². The summed E-state index contributed by atoms with van der Waals surface area (Å²) < 4.78 is 1.65. The van der Waals surface area contributed by atoms with E-state index in [4.69, 9.17) is 5.73 Å². The molecule has 4 nitrogen and oxygen atoms in total. The minimum atomic E-state index is 0.419. The molecule has 0 radical (unpaired) electrons. The Hall–Kier alpha value is -1.14. The number of hydrogen-bond acceptors (Lipinski definition) is 4. The molecule has 0 spiro atoms. The fraction of sp³-hybridized carbons (Fsp3) is 0.0909. The second-order valence-electron chi connectivity index (χ2n) is 3.52. The van der Waals surface area contributed by atoms with Crippen molar-refractivity contribution >= 4 is 49.3 Å². The molecule has 1 aromatic heterocycles. The first-order chi connectivity index (χ1) is 8.04. The second kappa shape index (κ2) is 5.01. The average Bonchev–Trinajstić information content (AvgIpc) is 2.22. The van der Waals surface area contributed by atoms with Crippen molar-refractivity contribution in [2.75, 3.05) is 11.1 Å². The van der Waals surface area contributed by atoms with Gasteiger partial charge in [0.15, 0.2) is 0 Å². The number of halogens is 2. The van der Waals surface area contributed by atoms with E-state index in [0.29, 0.717) is 16.4 Å². The third kappa shape index (κ3) is 3.17. The highest BCUT2D eigenvalue weighted by Crippen LogP contribution is 2.24. The first-order valence-electron chi connectivity index (χ1n) is 4.88. The van der Waals surface area contributed by atoms with Gasteiger partial charge in [-0.15, -0.1) is 0 Å². The van der Waals surface area contributed by atoms with Gasteiger partial charge in [-0.05, 0) is 40.5 Å². The molecule has 1 aromatic carbocycles. The van der Waals surface area contributed by atoms with Crippen LogP contribution in [-0.4, -0.2) is 9.97 Å². The lowest BCUT2D eigenvalue weighted by molar-refractivity contribution is 1.14. The van der Waals surface area contributed by atoms with Crippen molar-refractivity contribution in [2.45, 2.75) is 6.92 Å². The van der Waals surface area contributed by atoms with Gasteiger partial charge in [0.1, 0.15) is 10.4 Å². The Balaban J connectivity index is 2.34. The number of nitrogens with zero attached hydrogens (tertiary/aromatic N) is 2. The lowest BCUT2D eigenvalue weighted by Gasteiger charge is -2.09. The van der Waals surface area contributed by atoms with Crippen LogP contribution >= 0.6 is 31.9 Å². The monoisotopic (exact) mass is 356 g/mol. The fourth-order valence-corrected chi connectivity index (χ4v) is 2.10. The highest BCUT2D eigenvalue weighted by atomic mass is 79.9. The lowest BCUT2D eigenvalue weighted by Crippen LogP contribution is -2.01. The van der Waals surface area contributed by atoms with Crippen LogP contribution in [0.15, 0.2) is 33.3 Å². The van der Waals surface area contributed by atoms with Crippen LogP contribution in [0.5, 0.6) is 0 Å². The molecular formula is C11H10Br2N4. The van der Waals surface area contributed by atoms with E-state index >= 15 is 0 Å². The topological polar surface area (TPSA) is 63.8 Å². The van der Waals surface area contributed by atoms with Gasteiger partial charge < -0.3 is 11.1 Å². The van der Waals surface area contributed by atoms with Crippen molar-refractivity contribution in [2.24, 2.45) is 0 Å². The molecule has 0 atom stereocenters. The van der Waals surface area contributed by atoms with Crippen LogP contribution in [0.4, 0.5) is 17.5 Å². The molecule has 0 fully saturated rings. The molecule has 0 saturated heterocycles. The summed E-state index contributed by atoms with van der Waals surface area (Å²) in [5.41, 5.74) is 7.70. The number of nitrogens with two attached hydrogens (primary N) is 1. The van der Waals surface area contributed by atoms with Crippen molar-refractivity contribution in [3.05, 3.63) is 38.9 Å². The molecule has 2 aromatic rings. The van der Waals surface area contributed by atoms with Gasteiger partial charge >= 0.3 is 0 Å². The molecule has 0 unspecified atom stereocenters. The van der Waals surface area contributed by atoms with E-state index in [2.05, 4.69) is 47.1 Å². The molecule has 0 aliphatic rings. The molecule has 0 saturated carbocycles. The molecule has 0 aliphatic heterocycles. The number of nitrogens with one attached hydrogen (secondary N) is 1. The van der Waals surface area contributed by atoms with Crippen LogP contribution < -0.4 is 11.1 Å². The van der Waals surface area contributed by atoms with E-state index in [0.717, 1.165) is 15.7 Å². The van der Waals surface area contributed by atoms with Gasteiger partial charge in [-0.1, -0.05) is 22.0 Å². The fourth-order valence-electron chi connectivity index (χ4n) is 1.34. The van der Waals surface area contributed by atoms with Crippen molar-refractivity contribution in [3.63, 3.8) is 0 Å². The van der Waals surface area contributed by atoms with E-state index in [9.17, 15) is 0 Å². The largest absolute Gasteiger partial charge is 0.383 e. The van der Waals surface area contributed by atoms with Crippen LogP contribution in [-0.2, 0) is 0 Å². The molecule has 0 aliphatic carbocycles. The third-order valence-electron chi connectivity index (χ3n) is 2.16. The predicted molar refractivity (Wildman–Crippen MR) is 76.3 cm³/mol. The number of aromatic nitrogens is 2.